The predicted molar refractivity (Wildman–Crippen MR) is 80.5 cm³/mol. The Hall–Kier alpha value is -2.82. The molecular weight excluding hydrogens is 286 g/mol. The molecule has 21 heavy (non-hydrogen) atoms. The Morgan fingerprint density at radius 1 is 1.10 bits per heavy atom. The van der Waals surface area contributed by atoms with Gasteiger partial charge in [-0.1, -0.05) is 29.8 Å². The van der Waals surface area contributed by atoms with Crippen LogP contribution >= 0.6 is 11.6 Å². The number of carbonyl (C=O) groups excluding carboxylic acids is 1. The van der Waals surface area contributed by atoms with E-state index in [1.807, 2.05) is 18.2 Å². The average molecular weight is 296 g/mol. The molecule has 0 aliphatic rings. The van der Waals surface area contributed by atoms with Crippen LogP contribution in [0, 0.1) is 22.7 Å². The summed E-state index contributed by atoms with van der Waals surface area (Å²) in [7, 11) is 0. The third-order valence-electron chi connectivity index (χ3n) is 2.83. The second kappa shape index (κ2) is 6.56. The van der Waals surface area contributed by atoms with Crippen molar-refractivity contribution in [2.24, 2.45) is 0 Å². The molecular formula is C16H10ClN3O. The molecule has 0 fully saturated rings. The number of nitriles is 2. The first-order chi connectivity index (χ1) is 10.1. The molecule has 0 aromatic heterocycles. The number of halogens is 1. The van der Waals surface area contributed by atoms with E-state index in [1.165, 1.54) is 0 Å². The zero-order valence-corrected chi connectivity index (χ0v) is 11.7. The van der Waals surface area contributed by atoms with Crippen LogP contribution < -0.4 is 5.32 Å². The topological polar surface area (TPSA) is 76.7 Å². The molecule has 2 rings (SSSR count). The molecule has 102 valence electrons. The third kappa shape index (κ3) is 3.60. The Morgan fingerprint density at radius 2 is 1.76 bits per heavy atom. The van der Waals surface area contributed by atoms with Gasteiger partial charge in [-0.05, 0) is 35.4 Å². The quantitative estimate of drug-likeness (QED) is 0.937. The lowest BCUT2D eigenvalue weighted by Gasteiger charge is -2.08. The maximum absolute atomic E-state index is 11.4. The van der Waals surface area contributed by atoms with Crippen molar-refractivity contribution in [3.8, 4) is 23.3 Å². The van der Waals surface area contributed by atoms with E-state index >= 15 is 0 Å². The van der Waals surface area contributed by atoms with E-state index in [9.17, 15) is 10.1 Å². The number of nitrogens with zero attached hydrogens (tertiary/aromatic N) is 2. The van der Waals surface area contributed by atoms with Gasteiger partial charge >= 0.3 is 0 Å². The molecule has 0 aliphatic heterocycles. The number of amides is 1. The van der Waals surface area contributed by atoms with Crippen LogP contribution in [0.3, 0.4) is 0 Å². The molecule has 0 heterocycles. The van der Waals surface area contributed by atoms with E-state index in [0.717, 1.165) is 11.1 Å². The van der Waals surface area contributed by atoms with Gasteiger partial charge in [-0.25, -0.2) is 0 Å². The maximum Gasteiger partial charge on any atom is 0.238 e. The molecule has 0 atom stereocenters. The summed E-state index contributed by atoms with van der Waals surface area (Å²) < 4.78 is 0. The number of rotatable bonds is 3. The maximum atomic E-state index is 11.4. The lowest BCUT2D eigenvalue weighted by Crippen LogP contribution is -2.11. The van der Waals surface area contributed by atoms with Crippen LogP contribution in [0.2, 0.25) is 5.02 Å². The Balaban J connectivity index is 2.33. The molecule has 0 saturated heterocycles. The first-order valence-corrected chi connectivity index (χ1v) is 6.48. The lowest BCUT2D eigenvalue weighted by molar-refractivity contribution is -0.115. The monoisotopic (exact) mass is 295 g/mol. The van der Waals surface area contributed by atoms with Gasteiger partial charge in [0.1, 0.15) is 12.5 Å². The van der Waals surface area contributed by atoms with Crippen LogP contribution in [0.4, 0.5) is 5.69 Å². The van der Waals surface area contributed by atoms with Crippen LogP contribution in [0.5, 0.6) is 0 Å². The third-order valence-corrected chi connectivity index (χ3v) is 3.08. The number of hydrogen-bond donors (Lipinski definition) is 1. The van der Waals surface area contributed by atoms with E-state index in [-0.39, 0.29) is 6.42 Å². The van der Waals surface area contributed by atoms with E-state index in [0.29, 0.717) is 16.3 Å². The fraction of sp³-hybridized carbons (Fsp3) is 0.0625. The molecule has 1 N–H and O–H groups in total. The van der Waals surface area contributed by atoms with Crippen molar-refractivity contribution in [1.82, 2.24) is 0 Å². The van der Waals surface area contributed by atoms with Crippen molar-refractivity contribution in [3.63, 3.8) is 0 Å². The molecule has 4 nitrogen and oxygen atoms in total. The molecule has 0 saturated carbocycles. The largest absolute Gasteiger partial charge is 0.324 e. The van der Waals surface area contributed by atoms with Gasteiger partial charge in [0.2, 0.25) is 5.91 Å². The molecule has 0 bridgehead atoms. The minimum absolute atomic E-state index is 0.246. The molecule has 2 aromatic carbocycles. The second-order valence-corrected chi connectivity index (χ2v) is 4.70. The SMILES string of the molecule is N#CCC(=O)Nc1ccc(-c2ccc(Cl)cc2)cc1C#N. The summed E-state index contributed by atoms with van der Waals surface area (Å²) in [5.41, 5.74) is 2.51. The summed E-state index contributed by atoms with van der Waals surface area (Å²) in [5, 5.41) is 20.8. The van der Waals surface area contributed by atoms with Gasteiger partial charge in [0, 0.05) is 5.02 Å². The number of nitrogens with one attached hydrogen (secondary N) is 1. The van der Waals surface area contributed by atoms with Gasteiger partial charge in [-0.15, -0.1) is 0 Å². The Morgan fingerprint density at radius 3 is 2.38 bits per heavy atom. The van der Waals surface area contributed by atoms with Crippen molar-refractivity contribution in [3.05, 3.63) is 53.1 Å². The van der Waals surface area contributed by atoms with Crippen molar-refractivity contribution < 1.29 is 4.79 Å². The van der Waals surface area contributed by atoms with Crippen molar-refractivity contribution in [2.75, 3.05) is 5.32 Å². The van der Waals surface area contributed by atoms with Gasteiger partial charge in [0.05, 0.1) is 17.3 Å². The van der Waals surface area contributed by atoms with Gasteiger partial charge in [0.15, 0.2) is 0 Å². The highest BCUT2D eigenvalue weighted by atomic mass is 35.5. The number of carbonyl (C=O) groups is 1. The summed E-state index contributed by atoms with van der Waals surface area (Å²) >= 11 is 5.84. The minimum Gasteiger partial charge on any atom is -0.324 e. The molecule has 2 aromatic rings. The fourth-order valence-electron chi connectivity index (χ4n) is 1.83. The Bertz CT molecular complexity index is 755. The highest BCUT2D eigenvalue weighted by Crippen LogP contribution is 2.26. The molecule has 0 spiro atoms. The number of anilines is 1. The van der Waals surface area contributed by atoms with E-state index in [2.05, 4.69) is 5.32 Å². The predicted octanol–water partition coefficient (Wildman–Crippen LogP) is 3.73. The summed E-state index contributed by atoms with van der Waals surface area (Å²) in [6, 6.07) is 16.2. The highest BCUT2D eigenvalue weighted by molar-refractivity contribution is 6.30. The van der Waals surface area contributed by atoms with Gasteiger partial charge in [-0.3, -0.25) is 4.79 Å². The van der Waals surface area contributed by atoms with Crippen molar-refractivity contribution >= 4 is 23.2 Å². The summed E-state index contributed by atoms with van der Waals surface area (Å²) in [4.78, 5) is 11.4. The van der Waals surface area contributed by atoms with Crippen LogP contribution in [0.1, 0.15) is 12.0 Å². The Labute approximate surface area is 127 Å². The molecule has 0 radical (unpaired) electrons. The van der Waals surface area contributed by atoms with Crippen LogP contribution in [-0.2, 0) is 4.79 Å². The highest BCUT2D eigenvalue weighted by Gasteiger charge is 2.08. The number of benzene rings is 2. The normalized spacial score (nSPS) is 9.48. The van der Waals surface area contributed by atoms with E-state index in [1.54, 1.807) is 36.4 Å². The fourth-order valence-corrected chi connectivity index (χ4v) is 1.96. The van der Waals surface area contributed by atoms with Crippen molar-refractivity contribution in [1.29, 1.82) is 10.5 Å². The van der Waals surface area contributed by atoms with Crippen LogP contribution in [-0.4, -0.2) is 5.91 Å². The Kier molecular flexibility index (Phi) is 4.56. The van der Waals surface area contributed by atoms with Gasteiger partial charge < -0.3 is 5.32 Å². The lowest BCUT2D eigenvalue weighted by atomic mass is 10.0. The number of hydrogen-bond acceptors (Lipinski definition) is 3. The average Bonchev–Trinajstić information content (AvgIpc) is 2.49. The van der Waals surface area contributed by atoms with E-state index < -0.39 is 5.91 Å². The summed E-state index contributed by atoms with van der Waals surface area (Å²) in [5.74, 6) is -0.437. The van der Waals surface area contributed by atoms with Crippen LogP contribution in [0.25, 0.3) is 11.1 Å². The van der Waals surface area contributed by atoms with Gasteiger partial charge in [0.25, 0.3) is 0 Å². The standard InChI is InChI=1S/C16H10ClN3O/c17-14-4-1-11(2-5-14)12-3-6-15(13(9-12)10-19)20-16(21)7-8-18/h1-6,9H,7H2,(H,20,21). The molecule has 5 heteroatoms. The molecule has 0 aliphatic carbocycles. The second-order valence-electron chi connectivity index (χ2n) is 4.26. The van der Waals surface area contributed by atoms with Crippen LogP contribution in [0.15, 0.2) is 42.5 Å². The first kappa shape index (κ1) is 14.6. The summed E-state index contributed by atoms with van der Waals surface area (Å²) in [6.07, 6.45) is -0.246. The van der Waals surface area contributed by atoms with E-state index in [4.69, 9.17) is 16.9 Å². The van der Waals surface area contributed by atoms with Gasteiger partial charge in [-0.2, -0.15) is 10.5 Å². The smallest absolute Gasteiger partial charge is 0.238 e. The summed E-state index contributed by atoms with van der Waals surface area (Å²) in [6.45, 7) is 0. The molecule has 0 unspecified atom stereocenters. The zero-order valence-electron chi connectivity index (χ0n) is 10.9. The molecule has 1 amide bonds. The minimum atomic E-state index is -0.437. The first-order valence-electron chi connectivity index (χ1n) is 6.11. The zero-order chi connectivity index (χ0) is 15.2. The van der Waals surface area contributed by atoms with Crippen molar-refractivity contribution in [2.45, 2.75) is 6.42 Å².